The Hall–Kier alpha value is -2.02. The molecule has 3 rings (SSSR count). The Bertz CT molecular complexity index is 778. The molecule has 8 heteroatoms. The number of nitrogens with one attached hydrogen (secondary N) is 2. The van der Waals surface area contributed by atoms with Gasteiger partial charge in [0.1, 0.15) is 5.82 Å². The number of rotatable bonds is 4. The second-order valence-corrected chi connectivity index (χ2v) is 7.06. The highest BCUT2D eigenvalue weighted by atomic mass is 35.5. The lowest BCUT2D eigenvalue weighted by Gasteiger charge is -2.33. The van der Waals surface area contributed by atoms with Gasteiger partial charge < -0.3 is 20.4 Å². The van der Waals surface area contributed by atoms with Crippen molar-refractivity contribution in [1.29, 1.82) is 0 Å². The molecule has 0 spiro atoms. The van der Waals surface area contributed by atoms with Gasteiger partial charge in [-0.1, -0.05) is 23.2 Å². The average molecular weight is 394 g/mol. The van der Waals surface area contributed by atoms with Crippen molar-refractivity contribution in [3.63, 3.8) is 0 Å². The van der Waals surface area contributed by atoms with Gasteiger partial charge in [-0.3, -0.25) is 0 Å². The molecule has 1 aliphatic heterocycles. The van der Waals surface area contributed by atoms with Gasteiger partial charge in [0, 0.05) is 44.6 Å². The molecular formula is C18H21Cl2N5O. The van der Waals surface area contributed by atoms with Crippen LogP contribution in [0.3, 0.4) is 0 Å². The van der Waals surface area contributed by atoms with Crippen LogP contribution in [0.25, 0.3) is 0 Å². The number of carbonyl (C=O) groups excluding carboxylic acids is 1. The highest BCUT2D eigenvalue weighted by Gasteiger charge is 2.15. The van der Waals surface area contributed by atoms with Crippen molar-refractivity contribution < 1.29 is 4.79 Å². The third-order valence-electron chi connectivity index (χ3n) is 4.27. The number of amides is 2. The molecule has 1 aliphatic rings. The van der Waals surface area contributed by atoms with Crippen LogP contribution >= 0.6 is 23.2 Å². The van der Waals surface area contributed by atoms with Crippen LogP contribution in [0.5, 0.6) is 0 Å². The Morgan fingerprint density at radius 1 is 1.12 bits per heavy atom. The first-order chi connectivity index (χ1) is 12.5. The Morgan fingerprint density at radius 3 is 2.62 bits per heavy atom. The highest BCUT2D eigenvalue weighted by molar-refractivity contribution is 6.42. The molecule has 1 saturated heterocycles. The lowest BCUT2D eigenvalue weighted by atomic mass is 10.2. The average Bonchev–Trinajstić information content (AvgIpc) is 2.64. The van der Waals surface area contributed by atoms with E-state index in [0.29, 0.717) is 22.3 Å². The minimum absolute atomic E-state index is 0.304. The van der Waals surface area contributed by atoms with Crippen molar-refractivity contribution in [3.05, 3.63) is 52.1 Å². The first-order valence-electron chi connectivity index (χ1n) is 8.39. The number of nitrogens with zero attached hydrogens (tertiary/aromatic N) is 3. The summed E-state index contributed by atoms with van der Waals surface area (Å²) in [5.74, 6) is 0.947. The van der Waals surface area contributed by atoms with Gasteiger partial charge in [-0.15, -0.1) is 0 Å². The lowest BCUT2D eigenvalue weighted by molar-refractivity contribution is 0.251. The SMILES string of the molecule is CN1CCN(c2cc(CNC(=O)Nc3ccc(Cl)c(Cl)c3)ccn2)CC1. The molecule has 0 bridgehead atoms. The number of piperazine rings is 1. The predicted molar refractivity (Wildman–Crippen MR) is 106 cm³/mol. The van der Waals surface area contributed by atoms with E-state index in [-0.39, 0.29) is 6.03 Å². The predicted octanol–water partition coefficient (Wildman–Crippen LogP) is 3.46. The summed E-state index contributed by atoms with van der Waals surface area (Å²) in [7, 11) is 2.12. The second kappa shape index (κ2) is 8.58. The van der Waals surface area contributed by atoms with Gasteiger partial charge in [-0.2, -0.15) is 0 Å². The van der Waals surface area contributed by atoms with Crippen molar-refractivity contribution in [1.82, 2.24) is 15.2 Å². The van der Waals surface area contributed by atoms with Crippen LogP contribution in [-0.2, 0) is 6.54 Å². The van der Waals surface area contributed by atoms with E-state index in [1.807, 2.05) is 12.1 Å². The molecule has 2 heterocycles. The lowest BCUT2D eigenvalue weighted by Crippen LogP contribution is -2.44. The molecular weight excluding hydrogens is 373 g/mol. The zero-order chi connectivity index (χ0) is 18.5. The van der Waals surface area contributed by atoms with E-state index in [9.17, 15) is 4.79 Å². The number of anilines is 2. The number of halogens is 2. The first kappa shape index (κ1) is 18.8. The summed E-state index contributed by atoms with van der Waals surface area (Å²) < 4.78 is 0. The molecule has 0 saturated carbocycles. The molecule has 1 fully saturated rings. The number of likely N-dealkylation sites (N-methyl/N-ethyl adjacent to an activating group) is 1. The number of pyridine rings is 1. The fourth-order valence-electron chi connectivity index (χ4n) is 2.71. The van der Waals surface area contributed by atoms with Crippen LogP contribution in [0, 0.1) is 0 Å². The maximum Gasteiger partial charge on any atom is 0.319 e. The number of benzene rings is 1. The van der Waals surface area contributed by atoms with Crippen molar-refractivity contribution in [2.75, 3.05) is 43.4 Å². The Balaban J connectivity index is 1.55. The number of aromatic nitrogens is 1. The summed E-state index contributed by atoms with van der Waals surface area (Å²) in [5.41, 5.74) is 1.59. The van der Waals surface area contributed by atoms with E-state index in [4.69, 9.17) is 23.2 Å². The number of hydrogen-bond donors (Lipinski definition) is 2. The molecule has 138 valence electrons. The Kier molecular flexibility index (Phi) is 6.19. The summed E-state index contributed by atoms with van der Waals surface area (Å²) in [4.78, 5) is 21.1. The fraction of sp³-hybridized carbons (Fsp3) is 0.333. The summed E-state index contributed by atoms with van der Waals surface area (Å²) >= 11 is 11.8. The standard InChI is InChI=1S/C18H21Cl2N5O/c1-24-6-8-25(9-7-24)17-10-13(4-5-21-17)12-22-18(26)23-14-2-3-15(19)16(20)11-14/h2-5,10-11H,6-9,12H2,1H3,(H2,22,23,26). The monoisotopic (exact) mass is 393 g/mol. The van der Waals surface area contributed by atoms with Crippen molar-refractivity contribution in [3.8, 4) is 0 Å². The molecule has 2 N–H and O–H groups in total. The number of carbonyl (C=O) groups is 1. The molecule has 2 amide bonds. The van der Waals surface area contributed by atoms with E-state index in [2.05, 4.69) is 32.5 Å². The third kappa shape index (κ3) is 5.00. The van der Waals surface area contributed by atoms with Gasteiger partial charge in [-0.25, -0.2) is 9.78 Å². The van der Waals surface area contributed by atoms with Gasteiger partial charge in [0.05, 0.1) is 10.0 Å². The van der Waals surface area contributed by atoms with Crippen LogP contribution in [0.2, 0.25) is 10.0 Å². The Labute approximate surface area is 163 Å². The highest BCUT2D eigenvalue weighted by Crippen LogP contribution is 2.24. The van der Waals surface area contributed by atoms with E-state index in [0.717, 1.165) is 37.6 Å². The smallest absolute Gasteiger partial charge is 0.319 e. The third-order valence-corrected chi connectivity index (χ3v) is 5.01. The minimum atomic E-state index is -0.304. The molecule has 1 aromatic heterocycles. The van der Waals surface area contributed by atoms with E-state index < -0.39 is 0 Å². The topological polar surface area (TPSA) is 60.5 Å². The molecule has 0 aliphatic carbocycles. The molecule has 1 aromatic carbocycles. The summed E-state index contributed by atoms with van der Waals surface area (Å²) in [5, 5.41) is 6.42. The normalized spacial score (nSPS) is 15.0. The molecule has 0 atom stereocenters. The molecule has 0 radical (unpaired) electrons. The zero-order valence-electron chi connectivity index (χ0n) is 14.5. The fourth-order valence-corrected chi connectivity index (χ4v) is 3.01. The van der Waals surface area contributed by atoms with Gasteiger partial charge >= 0.3 is 6.03 Å². The van der Waals surface area contributed by atoms with Crippen LogP contribution in [0.4, 0.5) is 16.3 Å². The van der Waals surface area contributed by atoms with E-state index in [1.54, 1.807) is 24.4 Å². The first-order valence-corrected chi connectivity index (χ1v) is 9.15. The second-order valence-electron chi connectivity index (χ2n) is 6.25. The van der Waals surface area contributed by atoms with Crippen LogP contribution in [0.15, 0.2) is 36.5 Å². The minimum Gasteiger partial charge on any atom is -0.354 e. The van der Waals surface area contributed by atoms with Crippen LogP contribution < -0.4 is 15.5 Å². The summed E-state index contributed by atoms with van der Waals surface area (Å²) in [6.07, 6.45) is 1.78. The molecule has 0 unspecified atom stereocenters. The van der Waals surface area contributed by atoms with Gasteiger partial charge in [0.25, 0.3) is 0 Å². The maximum absolute atomic E-state index is 12.1. The quantitative estimate of drug-likeness (QED) is 0.834. The zero-order valence-corrected chi connectivity index (χ0v) is 16.0. The summed E-state index contributed by atoms with van der Waals surface area (Å²) in [6.45, 7) is 4.37. The maximum atomic E-state index is 12.1. The van der Waals surface area contributed by atoms with Gasteiger partial charge in [0.15, 0.2) is 0 Å². The van der Waals surface area contributed by atoms with Crippen molar-refractivity contribution in [2.45, 2.75) is 6.54 Å². The van der Waals surface area contributed by atoms with E-state index in [1.165, 1.54) is 0 Å². The Morgan fingerprint density at radius 2 is 1.88 bits per heavy atom. The van der Waals surface area contributed by atoms with Crippen molar-refractivity contribution in [2.24, 2.45) is 0 Å². The van der Waals surface area contributed by atoms with Gasteiger partial charge in [-0.05, 0) is 42.9 Å². The molecule has 6 nitrogen and oxygen atoms in total. The molecule has 2 aromatic rings. The largest absolute Gasteiger partial charge is 0.354 e. The van der Waals surface area contributed by atoms with Crippen molar-refractivity contribution >= 4 is 40.7 Å². The van der Waals surface area contributed by atoms with Crippen LogP contribution in [-0.4, -0.2) is 49.1 Å². The van der Waals surface area contributed by atoms with E-state index >= 15 is 0 Å². The van der Waals surface area contributed by atoms with Crippen LogP contribution in [0.1, 0.15) is 5.56 Å². The number of hydrogen-bond acceptors (Lipinski definition) is 4. The summed E-state index contributed by atoms with van der Waals surface area (Å²) in [6, 6.07) is 8.57. The number of urea groups is 1. The molecule has 26 heavy (non-hydrogen) atoms. The van der Waals surface area contributed by atoms with Gasteiger partial charge in [0.2, 0.25) is 0 Å².